The number of benzene rings is 1. The normalized spacial score (nSPS) is 10.1. The Hall–Kier alpha value is -1.82. The molecule has 0 aliphatic carbocycles. The van der Waals surface area contributed by atoms with Gasteiger partial charge in [0.1, 0.15) is 23.7 Å². The molecule has 0 spiro atoms. The number of hydrogen-bond donors (Lipinski definition) is 2. The molecule has 1 heterocycles. The highest BCUT2D eigenvalue weighted by Crippen LogP contribution is 2.25. The van der Waals surface area contributed by atoms with Crippen molar-refractivity contribution in [2.24, 2.45) is 0 Å². The van der Waals surface area contributed by atoms with Gasteiger partial charge in [-0.1, -0.05) is 6.07 Å². The van der Waals surface area contributed by atoms with Crippen molar-refractivity contribution in [1.82, 2.24) is 9.97 Å². The Balaban J connectivity index is 2.03. The lowest BCUT2D eigenvalue weighted by molar-refractivity contribution is 0.412. The Morgan fingerprint density at radius 2 is 2.00 bits per heavy atom. The van der Waals surface area contributed by atoms with E-state index in [0.717, 1.165) is 27.4 Å². The van der Waals surface area contributed by atoms with Gasteiger partial charge in [0, 0.05) is 19.7 Å². The number of ether oxygens (including phenoxy) is 1. The second-order valence-electron chi connectivity index (χ2n) is 3.86. The summed E-state index contributed by atoms with van der Waals surface area (Å²) < 4.78 is 6.13. The van der Waals surface area contributed by atoms with Gasteiger partial charge in [-0.3, -0.25) is 0 Å². The van der Waals surface area contributed by atoms with Gasteiger partial charge < -0.3 is 15.4 Å². The van der Waals surface area contributed by atoms with Crippen LogP contribution in [0.25, 0.3) is 0 Å². The highest BCUT2D eigenvalue weighted by molar-refractivity contribution is 9.10. The molecule has 6 heteroatoms. The minimum atomic E-state index is 0.683. The Morgan fingerprint density at radius 3 is 2.68 bits per heavy atom. The molecular formula is C13H15BrN4O. The van der Waals surface area contributed by atoms with Crippen molar-refractivity contribution in [3.8, 4) is 5.75 Å². The van der Waals surface area contributed by atoms with Gasteiger partial charge in [0.25, 0.3) is 0 Å². The Kier molecular flexibility index (Phi) is 4.57. The van der Waals surface area contributed by atoms with E-state index >= 15 is 0 Å². The largest absolute Gasteiger partial charge is 0.496 e. The second-order valence-corrected chi connectivity index (χ2v) is 4.72. The highest BCUT2D eigenvalue weighted by atomic mass is 79.9. The summed E-state index contributed by atoms with van der Waals surface area (Å²) in [4.78, 5) is 8.22. The van der Waals surface area contributed by atoms with Gasteiger partial charge in [-0.25, -0.2) is 9.97 Å². The van der Waals surface area contributed by atoms with Gasteiger partial charge in [0.15, 0.2) is 0 Å². The van der Waals surface area contributed by atoms with Crippen LogP contribution in [0.1, 0.15) is 5.56 Å². The molecule has 19 heavy (non-hydrogen) atoms. The fourth-order valence-electron chi connectivity index (χ4n) is 1.60. The summed E-state index contributed by atoms with van der Waals surface area (Å²) in [7, 11) is 3.48. The molecule has 0 saturated heterocycles. The van der Waals surface area contributed by atoms with E-state index in [1.165, 1.54) is 6.33 Å². The maximum absolute atomic E-state index is 5.20. The van der Waals surface area contributed by atoms with Crippen molar-refractivity contribution >= 4 is 27.6 Å². The fraction of sp³-hybridized carbons (Fsp3) is 0.231. The maximum Gasteiger partial charge on any atom is 0.133 e. The van der Waals surface area contributed by atoms with Crippen LogP contribution in [0, 0.1) is 0 Å². The summed E-state index contributed by atoms with van der Waals surface area (Å²) in [5.41, 5.74) is 1.14. The van der Waals surface area contributed by atoms with Crippen molar-refractivity contribution in [2.45, 2.75) is 6.54 Å². The molecule has 2 rings (SSSR count). The molecule has 1 aromatic carbocycles. The SMILES string of the molecule is CNc1cc(NCc2ccc(OC)c(Br)c2)ncn1. The van der Waals surface area contributed by atoms with Crippen LogP contribution in [0.5, 0.6) is 5.75 Å². The third kappa shape index (κ3) is 3.57. The predicted molar refractivity (Wildman–Crippen MR) is 79.6 cm³/mol. The van der Waals surface area contributed by atoms with Crippen LogP contribution in [0.4, 0.5) is 11.6 Å². The third-order valence-electron chi connectivity index (χ3n) is 2.61. The fourth-order valence-corrected chi connectivity index (χ4v) is 2.19. The lowest BCUT2D eigenvalue weighted by atomic mass is 10.2. The lowest BCUT2D eigenvalue weighted by Gasteiger charge is -2.09. The zero-order valence-electron chi connectivity index (χ0n) is 10.8. The number of nitrogens with one attached hydrogen (secondary N) is 2. The first kappa shape index (κ1) is 13.6. The van der Waals surface area contributed by atoms with Crippen molar-refractivity contribution in [3.63, 3.8) is 0 Å². The van der Waals surface area contributed by atoms with Crippen molar-refractivity contribution in [3.05, 3.63) is 40.6 Å². The van der Waals surface area contributed by atoms with E-state index < -0.39 is 0 Å². The molecule has 2 aromatic rings. The van der Waals surface area contributed by atoms with Gasteiger partial charge in [-0.2, -0.15) is 0 Å². The summed E-state index contributed by atoms with van der Waals surface area (Å²) >= 11 is 3.47. The highest BCUT2D eigenvalue weighted by Gasteiger charge is 2.02. The first-order valence-corrected chi connectivity index (χ1v) is 6.58. The van der Waals surface area contributed by atoms with E-state index in [-0.39, 0.29) is 0 Å². The molecule has 0 unspecified atom stereocenters. The molecule has 1 aromatic heterocycles. The second kappa shape index (κ2) is 6.38. The zero-order chi connectivity index (χ0) is 13.7. The quantitative estimate of drug-likeness (QED) is 0.886. The van der Waals surface area contributed by atoms with E-state index in [2.05, 4.69) is 36.5 Å². The number of hydrogen-bond acceptors (Lipinski definition) is 5. The van der Waals surface area contributed by atoms with Gasteiger partial charge in [0.2, 0.25) is 0 Å². The molecule has 0 amide bonds. The number of aromatic nitrogens is 2. The number of rotatable bonds is 5. The average Bonchev–Trinajstić information content (AvgIpc) is 2.45. The minimum absolute atomic E-state index is 0.683. The molecule has 100 valence electrons. The van der Waals surface area contributed by atoms with Gasteiger partial charge in [0.05, 0.1) is 11.6 Å². The molecule has 0 bridgehead atoms. The summed E-state index contributed by atoms with van der Waals surface area (Å²) in [6, 6.07) is 7.82. The molecular weight excluding hydrogens is 308 g/mol. The first-order valence-electron chi connectivity index (χ1n) is 5.79. The summed E-state index contributed by atoms with van der Waals surface area (Å²) in [5.74, 6) is 2.39. The van der Waals surface area contributed by atoms with Crippen LogP contribution in [0.2, 0.25) is 0 Å². The summed E-state index contributed by atoms with van der Waals surface area (Å²) in [5, 5.41) is 6.22. The van der Waals surface area contributed by atoms with E-state index in [1.807, 2.05) is 31.3 Å². The lowest BCUT2D eigenvalue weighted by Crippen LogP contribution is -2.03. The van der Waals surface area contributed by atoms with Crippen LogP contribution >= 0.6 is 15.9 Å². The first-order chi connectivity index (χ1) is 9.22. The van der Waals surface area contributed by atoms with E-state index in [1.54, 1.807) is 7.11 Å². The molecule has 0 fully saturated rings. The predicted octanol–water partition coefficient (Wildman–Crippen LogP) is 2.90. The third-order valence-corrected chi connectivity index (χ3v) is 3.23. The van der Waals surface area contributed by atoms with Crippen LogP contribution in [0.15, 0.2) is 35.1 Å². The monoisotopic (exact) mass is 322 g/mol. The Labute approximate surface area is 120 Å². The van der Waals surface area contributed by atoms with E-state index in [4.69, 9.17) is 4.74 Å². The standard InChI is InChI=1S/C13H15BrN4O/c1-15-12-6-13(18-8-17-12)16-7-9-3-4-11(19-2)10(14)5-9/h3-6,8H,7H2,1-2H3,(H2,15,16,17,18). The van der Waals surface area contributed by atoms with Crippen molar-refractivity contribution in [2.75, 3.05) is 24.8 Å². The Morgan fingerprint density at radius 1 is 1.21 bits per heavy atom. The number of anilines is 2. The molecule has 0 atom stereocenters. The van der Waals surface area contributed by atoms with Crippen LogP contribution in [-0.2, 0) is 6.54 Å². The topological polar surface area (TPSA) is 59.1 Å². The summed E-state index contributed by atoms with van der Waals surface area (Å²) in [6.45, 7) is 0.683. The molecule has 0 saturated carbocycles. The van der Waals surface area contributed by atoms with Gasteiger partial charge in [-0.05, 0) is 33.6 Å². The number of methoxy groups -OCH3 is 1. The average molecular weight is 323 g/mol. The van der Waals surface area contributed by atoms with E-state index in [0.29, 0.717) is 6.54 Å². The Bertz CT molecular complexity index is 562. The van der Waals surface area contributed by atoms with Gasteiger partial charge >= 0.3 is 0 Å². The molecule has 0 aliphatic heterocycles. The van der Waals surface area contributed by atoms with Gasteiger partial charge in [-0.15, -0.1) is 0 Å². The zero-order valence-corrected chi connectivity index (χ0v) is 12.4. The molecule has 2 N–H and O–H groups in total. The van der Waals surface area contributed by atoms with Crippen LogP contribution < -0.4 is 15.4 Å². The van der Waals surface area contributed by atoms with Crippen LogP contribution in [0.3, 0.4) is 0 Å². The van der Waals surface area contributed by atoms with Crippen LogP contribution in [-0.4, -0.2) is 24.1 Å². The van der Waals surface area contributed by atoms with Crippen molar-refractivity contribution < 1.29 is 4.74 Å². The smallest absolute Gasteiger partial charge is 0.133 e. The minimum Gasteiger partial charge on any atom is -0.496 e. The molecule has 0 aliphatic rings. The maximum atomic E-state index is 5.20. The molecule has 5 nitrogen and oxygen atoms in total. The summed E-state index contributed by atoms with van der Waals surface area (Å²) in [6.07, 6.45) is 1.53. The number of halogens is 1. The molecule has 0 radical (unpaired) electrons. The number of nitrogens with zero attached hydrogens (tertiary/aromatic N) is 2. The van der Waals surface area contributed by atoms with E-state index in [9.17, 15) is 0 Å². The van der Waals surface area contributed by atoms with Crippen molar-refractivity contribution in [1.29, 1.82) is 0 Å².